The topological polar surface area (TPSA) is 14.8 Å². The number of hydrogen-bond acceptors (Lipinski definition) is 0. The summed E-state index contributed by atoms with van der Waals surface area (Å²) in [6.07, 6.45) is 0. The van der Waals surface area contributed by atoms with Crippen LogP contribution in [-0.2, 0) is 0 Å². The van der Waals surface area contributed by atoms with Gasteiger partial charge in [0.1, 0.15) is 0 Å². The highest BCUT2D eigenvalue weighted by Crippen LogP contribution is 2.45. The first-order chi connectivity index (χ1) is 37.6. The second-order valence-electron chi connectivity index (χ2n) is 20.1. The lowest BCUT2D eigenvalue weighted by atomic mass is 9.91. The molecule has 0 aliphatic heterocycles. The van der Waals surface area contributed by atoms with Gasteiger partial charge in [-0.2, -0.15) is 0 Å². The Morgan fingerprint density at radius 2 is 0.658 bits per heavy atom. The van der Waals surface area contributed by atoms with Gasteiger partial charge in [0.05, 0.1) is 33.1 Å². The highest BCUT2D eigenvalue weighted by atomic mass is 15.0. The minimum Gasteiger partial charge on any atom is -0.309 e. The van der Waals surface area contributed by atoms with Crippen molar-refractivity contribution < 1.29 is 0 Å². The highest BCUT2D eigenvalue weighted by Gasteiger charge is 2.23. The van der Waals surface area contributed by atoms with Crippen molar-refractivity contribution in [2.75, 3.05) is 0 Å². The largest absolute Gasteiger partial charge is 0.309 e. The van der Waals surface area contributed by atoms with E-state index in [0.717, 1.165) is 22.6 Å². The first-order valence-electron chi connectivity index (χ1n) is 26.2. The minimum atomic E-state index is 1.12. The van der Waals surface area contributed by atoms with E-state index in [4.69, 9.17) is 0 Å². The van der Waals surface area contributed by atoms with E-state index in [2.05, 4.69) is 300 Å². The van der Waals surface area contributed by atoms with Crippen molar-refractivity contribution in [2.24, 2.45) is 0 Å². The van der Waals surface area contributed by atoms with E-state index in [1.807, 2.05) is 0 Å². The SMILES string of the molecule is Cc1c(-c2ccccc2)cccc1-c1cc(-c2ccccc2)cc(-n2c3ccccc3c3ccc4c(c5ccccc5n4-c4ccc5c(c4)c4ccccc4n5-c4cccc(-c5cccc(-c6ccccc6)c5)c4)c32)c1. The van der Waals surface area contributed by atoms with Crippen molar-refractivity contribution in [2.45, 2.75) is 6.92 Å². The molecule has 0 saturated carbocycles. The lowest BCUT2D eigenvalue weighted by Crippen LogP contribution is -1.98. The second kappa shape index (κ2) is 17.6. The van der Waals surface area contributed by atoms with Crippen molar-refractivity contribution in [3.8, 4) is 72.7 Å². The summed E-state index contributed by atoms with van der Waals surface area (Å²) in [4.78, 5) is 0. The number of fused-ring (bicyclic) bond motifs is 10. The van der Waals surface area contributed by atoms with Gasteiger partial charge in [-0.15, -0.1) is 0 Å². The Labute approximate surface area is 441 Å². The van der Waals surface area contributed by atoms with Gasteiger partial charge >= 0.3 is 0 Å². The quantitative estimate of drug-likeness (QED) is 0.144. The van der Waals surface area contributed by atoms with Crippen LogP contribution in [0.15, 0.2) is 279 Å². The summed E-state index contributed by atoms with van der Waals surface area (Å²) in [6, 6.07) is 103. The third kappa shape index (κ3) is 6.97. The van der Waals surface area contributed by atoms with Gasteiger partial charge in [0.15, 0.2) is 0 Å². The van der Waals surface area contributed by atoms with Crippen LogP contribution in [0.5, 0.6) is 0 Å². The van der Waals surface area contributed by atoms with Crippen LogP contribution in [0, 0.1) is 6.92 Å². The number of nitrogens with zero attached hydrogens (tertiary/aromatic N) is 3. The fraction of sp³-hybridized carbons (Fsp3) is 0.0137. The molecule has 0 fully saturated rings. The molecule has 76 heavy (non-hydrogen) atoms. The van der Waals surface area contributed by atoms with Crippen LogP contribution >= 0.6 is 0 Å². The molecule has 0 bridgehead atoms. The number of hydrogen-bond donors (Lipinski definition) is 0. The van der Waals surface area contributed by atoms with Crippen molar-refractivity contribution >= 4 is 65.4 Å². The first-order valence-corrected chi connectivity index (χ1v) is 26.2. The predicted molar refractivity (Wildman–Crippen MR) is 321 cm³/mol. The molecular weight excluding hydrogens is 919 g/mol. The standard InChI is InChI=1S/C73H49N3/c1-48-60(51-24-9-4-10-25-51)33-19-34-61(48)56-43-55(50-22-7-3-8-23-50)45-59(46-56)76-68-36-15-11-30-62(68)64-39-41-71-72(73(64)76)65-32-13-16-37-69(65)75(71)58-38-40-70-66(47-58)63-31-12-14-35-67(63)74(70)57-29-18-28-54(44-57)53-27-17-26-52(42-53)49-20-5-2-6-21-49/h2-47H,1H3. The highest BCUT2D eigenvalue weighted by molar-refractivity contribution is 6.26. The monoisotopic (exact) mass is 967 g/mol. The number of rotatable bonds is 8. The molecule has 3 nitrogen and oxygen atoms in total. The average Bonchev–Trinajstić information content (AvgIpc) is 4.29. The first kappa shape index (κ1) is 43.6. The van der Waals surface area contributed by atoms with Crippen molar-refractivity contribution in [1.82, 2.24) is 13.7 Å². The van der Waals surface area contributed by atoms with Crippen molar-refractivity contribution in [3.05, 3.63) is 285 Å². The molecule has 0 atom stereocenters. The zero-order valence-electron chi connectivity index (χ0n) is 41.9. The van der Waals surface area contributed by atoms with E-state index in [9.17, 15) is 0 Å². The predicted octanol–water partition coefficient (Wildman–Crippen LogP) is 19.6. The Hall–Kier alpha value is -9.96. The summed E-state index contributed by atoms with van der Waals surface area (Å²) in [6.45, 7) is 2.27. The van der Waals surface area contributed by atoms with Gasteiger partial charge in [-0.25, -0.2) is 0 Å². The molecule has 0 aliphatic rings. The van der Waals surface area contributed by atoms with E-state index in [1.54, 1.807) is 0 Å². The molecule has 0 radical (unpaired) electrons. The lowest BCUT2D eigenvalue weighted by Gasteiger charge is -2.17. The summed E-state index contributed by atoms with van der Waals surface area (Å²) < 4.78 is 7.46. The minimum absolute atomic E-state index is 1.12. The molecule has 15 aromatic rings. The van der Waals surface area contributed by atoms with E-state index in [1.165, 1.54) is 121 Å². The van der Waals surface area contributed by atoms with Gasteiger partial charge in [-0.1, -0.05) is 200 Å². The van der Waals surface area contributed by atoms with Crippen LogP contribution in [0.4, 0.5) is 0 Å². The van der Waals surface area contributed by atoms with Crippen LogP contribution in [-0.4, -0.2) is 13.7 Å². The van der Waals surface area contributed by atoms with Gasteiger partial charge in [0.25, 0.3) is 0 Å². The molecule has 0 unspecified atom stereocenters. The molecule has 0 N–H and O–H groups in total. The molecular formula is C73H49N3. The van der Waals surface area contributed by atoms with Crippen LogP contribution in [0.1, 0.15) is 5.56 Å². The molecule has 3 aromatic heterocycles. The maximum absolute atomic E-state index is 2.54. The summed E-state index contributed by atoms with van der Waals surface area (Å²) in [5, 5.41) is 7.34. The van der Waals surface area contributed by atoms with Gasteiger partial charge in [0, 0.05) is 49.4 Å². The zero-order valence-corrected chi connectivity index (χ0v) is 41.9. The van der Waals surface area contributed by atoms with E-state index in [0.29, 0.717) is 0 Å². The Morgan fingerprint density at radius 1 is 0.224 bits per heavy atom. The maximum atomic E-state index is 2.54. The lowest BCUT2D eigenvalue weighted by molar-refractivity contribution is 1.16. The molecule has 0 amide bonds. The summed E-state index contributed by atoms with van der Waals surface area (Å²) >= 11 is 0. The Balaban J connectivity index is 0.937. The second-order valence-corrected chi connectivity index (χ2v) is 20.1. The number of para-hydroxylation sites is 3. The molecule has 0 spiro atoms. The Kier molecular flexibility index (Phi) is 10.1. The summed E-state index contributed by atoms with van der Waals surface area (Å²) in [5.41, 5.74) is 23.7. The van der Waals surface area contributed by atoms with E-state index >= 15 is 0 Å². The molecule has 3 heterocycles. The Bertz CT molecular complexity index is 4750. The van der Waals surface area contributed by atoms with Crippen LogP contribution < -0.4 is 0 Å². The zero-order chi connectivity index (χ0) is 50.3. The van der Waals surface area contributed by atoms with Gasteiger partial charge in [-0.05, 0) is 147 Å². The number of benzene rings is 12. The summed E-state index contributed by atoms with van der Waals surface area (Å²) in [5.74, 6) is 0. The Morgan fingerprint density at radius 3 is 1.37 bits per heavy atom. The normalized spacial score (nSPS) is 11.8. The average molecular weight is 968 g/mol. The van der Waals surface area contributed by atoms with Gasteiger partial charge < -0.3 is 13.7 Å². The van der Waals surface area contributed by atoms with Gasteiger partial charge in [-0.3, -0.25) is 0 Å². The van der Waals surface area contributed by atoms with Gasteiger partial charge in [0.2, 0.25) is 0 Å². The number of aromatic nitrogens is 3. The van der Waals surface area contributed by atoms with Crippen LogP contribution in [0.25, 0.3) is 138 Å². The molecule has 12 aromatic carbocycles. The summed E-state index contributed by atoms with van der Waals surface area (Å²) in [7, 11) is 0. The van der Waals surface area contributed by atoms with Crippen LogP contribution in [0.3, 0.4) is 0 Å². The third-order valence-corrected chi connectivity index (χ3v) is 15.8. The molecule has 15 rings (SSSR count). The van der Waals surface area contributed by atoms with Crippen LogP contribution in [0.2, 0.25) is 0 Å². The fourth-order valence-electron chi connectivity index (χ4n) is 12.3. The smallest absolute Gasteiger partial charge is 0.0641 e. The van der Waals surface area contributed by atoms with Crippen molar-refractivity contribution in [1.29, 1.82) is 0 Å². The molecule has 0 saturated heterocycles. The van der Waals surface area contributed by atoms with E-state index in [-0.39, 0.29) is 0 Å². The molecule has 3 heteroatoms. The van der Waals surface area contributed by atoms with Crippen molar-refractivity contribution in [3.63, 3.8) is 0 Å². The molecule has 356 valence electrons. The van der Waals surface area contributed by atoms with E-state index < -0.39 is 0 Å². The molecule has 0 aliphatic carbocycles. The maximum Gasteiger partial charge on any atom is 0.0641 e. The third-order valence-electron chi connectivity index (χ3n) is 15.8. The fourth-order valence-corrected chi connectivity index (χ4v) is 12.3.